The van der Waals surface area contributed by atoms with E-state index in [0.717, 1.165) is 19.4 Å². The number of nitrogens with two attached hydrogens (primary N) is 1. The predicted octanol–water partition coefficient (Wildman–Crippen LogP) is -0.270. The van der Waals surface area contributed by atoms with Gasteiger partial charge in [-0.15, -0.1) is 0 Å². The molecule has 56 valence electrons. The molecular weight excluding hydrogens is 126 g/mol. The highest BCUT2D eigenvalue weighted by Gasteiger charge is 1.99. The second-order valence-corrected chi connectivity index (χ2v) is 2.49. The van der Waals surface area contributed by atoms with Crippen LogP contribution < -0.4 is 10.3 Å². The number of hydrogen-bond donors (Lipinski definition) is 2. The Morgan fingerprint density at radius 3 is 3.00 bits per heavy atom. The summed E-state index contributed by atoms with van der Waals surface area (Å²) in [5.41, 5.74) is 6.62. The van der Waals surface area contributed by atoms with Gasteiger partial charge in [0, 0.05) is 6.42 Å². The summed E-state index contributed by atoms with van der Waals surface area (Å²) in [6.07, 6.45) is 6.12. The number of nitrogens with zero attached hydrogens (tertiary/aromatic N) is 1. The van der Waals surface area contributed by atoms with E-state index in [-0.39, 0.29) is 0 Å². The van der Waals surface area contributed by atoms with Gasteiger partial charge in [-0.3, -0.25) is 0 Å². The highest BCUT2D eigenvalue weighted by atomic mass is 15.0. The first kappa shape index (κ1) is 7.28. The molecule has 3 N–H and O–H groups in total. The molecule has 1 aromatic heterocycles. The fraction of sp³-hybridized carbons (Fsp3) is 0.571. The molecule has 0 aliphatic heterocycles. The third kappa shape index (κ3) is 1.84. The maximum absolute atomic E-state index is 5.36. The molecule has 3 heteroatoms. The molecule has 0 aromatic carbocycles. The highest BCUT2D eigenvalue weighted by Crippen LogP contribution is 1.92. The van der Waals surface area contributed by atoms with E-state index >= 15 is 0 Å². The van der Waals surface area contributed by atoms with Gasteiger partial charge in [-0.05, 0) is 13.0 Å². The summed E-state index contributed by atoms with van der Waals surface area (Å²) in [4.78, 5) is 3.15. The van der Waals surface area contributed by atoms with Crippen molar-refractivity contribution in [2.45, 2.75) is 12.8 Å². The molecule has 3 nitrogen and oxygen atoms in total. The van der Waals surface area contributed by atoms with Gasteiger partial charge in [0.1, 0.15) is 11.9 Å². The molecule has 0 spiro atoms. The summed E-state index contributed by atoms with van der Waals surface area (Å²) in [5.74, 6) is 0. The number of nitrogens with one attached hydrogen (secondary N) is 1. The van der Waals surface area contributed by atoms with Crippen molar-refractivity contribution in [2.75, 3.05) is 6.54 Å². The molecule has 1 rings (SSSR count). The monoisotopic (exact) mass is 140 g/mol. The lowest BCUT2D eigenvalue weighted by molar-refractivity contribution is -0.670. The average molecular weight is 140 g/mol. The van der Waals surface area contributed by atoms with Crippen molar-refractivity contribution in [3.05, 3.63) is 18.2 Å². The Morgan fingerprint density at radius 2 is 2.50 bits per heavy atom. The number of aromatic nitrogens is 2. The van der Waals surface area contributed by atoms with E-state index in [9.17, 15) is 0 Å². The highest BCUT2D eigenvalue weighted by molar-refractivity contribution is 4.89. The number of H-pyrrole nitrogens is 1. The van der Waals surface area contributed by atoms with Crippen molar-refractivity contribution in [2.24, 2.45) is 12.8 Å². The van der Waals surface area contributed by atoms with Crippen LogP contribution in [0.3, 0.4) is 0 Å². The Hall–Kier alpha value is -0.830. The first-order valence-corrected chi connectivity index (χ1v) is 3.55. The molecule has 0 saturated heterocycles. The van der Waals surface area contributed by atoms with Crippen LogP contribution in [0.25, 0.3) is 0 Å². The summed E-state index contributed by atoms with van der Waals surface area (Å²) >= 11 is 0. The van der Waals surface area contributed by atoms with E-state index in [2.05, 4.69) is 11.2 Å². The lowest BCUT2D eigenvalue weighted by Crippen LogP contribution is -2.23. The summed E-state index contributed by atoms with van der Waals surface area (Å²) in [5, 5.41) is 0. The summed E-state index contributed by atoms with van der Waals surface area (Å²) in [6.45, 7) is 0.767. The van der Waals surface area contributed by atoms with E-state index in [1.807, 2.05) is 17.9 Å². The first-order valence-electron chi connectivity index (χ1n) is 3.55. The van der Waals surface area contributed by atoms with E-state index < -0.39 is 0 Å². The number of imidazole rings is 1. The van der Waals surface area contributed by atoms with Gasteiger partial charge in [-0.1, -0.05) is 0 Å². The Balaban J connectivity index is 2.42. The molecule has 0 bridgehead atoms. The second kappa shape index (κ2) is 3.37. The fourth-order valence-corrected chi connectivity index (χ4v) is 0.934. The molecule has 0 radical (unpaired) electrons. The van der Waals surface area contributed by atoms with Crippen molar-refractivity contribution in [1.29, 1.82) is 0 Å². The fourth-order valence-electron chi connectivity index (χ4n) is 0.934. The van der Waals surface area contributed by atoms with Crippen LogP contribution in [-0.2, 0) is 13.5 Å². The minimum Gasteiger partial charge on any atom is -0.330 e. The van der Waals surface area contributed by atoms with Gasteiger partial charge in [0.25, 0.3) is 0 Å². The molecule has 1 heterocycles. The SMILES string of the molecule is C[n+]1c[nH]c(CCCN)c1. The quantitative estimate of drug-likeness (QED) is 0.558. The van der Waals surface area contributed by atoms with Gasteiger partial charge in [0.15, 0.2) is 0 Å². The molecule has 0 aliphatic rings. The van der Waals surface area contributed by atoms with Gasteiger partial charge < -0.3 is 5.73 Å². The Kier molecular flexibility index (Phi) is 2.45. The molecule has 0 aliphatic carbocycles. The van der Waals surface area contributed by atoms with E-state index in [0.29, 0.717) is 0 Å². The molecule has 10 heavy (non-hydrogen) atoms. The van der Waals surface area contributed by atoms with Crippen LogP contribution in [0.1, 0.15) is 12.1 Å². The Bertz CT molecular complexity index is 192. The molecule has 0 unspecified atom stereocenters. The molecule has 0 amide bonds. The van der Waals surface area contributed by atoms with Crippen molar-refractivity contribution < 1.29 is 4.57 Å². The van der Waals surface area contributed by atoms with E-state index in [1.165, 1.54) is 5.69 Å². The average Bonchev–Trinajstić information content (AvgIpc) is 2.31. The van der Waals surface area contributed by atoms with Gasteiger partial charge in [-0.25, -0.2) is 9.55 Å². The zero-order valence-corrected chi connectivity index (χ0v) is 6.30. The number of hydrogen-bond acceptors (Lipinski definition) is 1. The summed E-state index contributed by atoms with van der Waals surface area (Å²) in [6, 6.07) is 0. The smallest absolute Gasteiger partial charge is 0.241 e. The van der Waals surface area contributed by atoms with Crippen molar-refractivity contribution in [1.82, 2.24) is 4.98 Å². The first-order chi connectivity index (χ1) is 4.83. The van der Waals surface area contributed by atoms with Crippen LogP contribution in [0.2, 0.25) is 0 Å². The van der Waals surface area contributed by atoms with Crippen LogP contribution in [0, 0.1) is 0 Å². The van der Waals surface area contributed by atoms with Crippen LogP contribution >= 0.6 is 0 Å². The number of rotatable bonds is 3. The Labute approximate surface area is 60.9 Å². The van der Waals surface area contributed by atoms with Crippen LogP contribution in [-0.4, -0.2) is 11.5 Å². The van der Waals surface area contributed by atoms with Crippen molar-refractivity contribution >= 4 is 0 Å². The van der Waals surface area contributed by atoms with Gasteiger partial charge in [0.2, 0.25) is 6.33 Å². The Morgan fingerprint density at radius 1 is 1.70 bits per heavy atom. The third-order valence-electron chi connectivity index (χ3n) is 1.46. The normalized spacial score (nSPS) is 10.2. The van der Waals surface area contributed by atoms with Crippen LogP contribution in [0.5, 0.6) is 0 Å². The van der Waals surface area contributed by atoms with Crippen LogP contribution in [0.4, 0.5) is 0 Å². The topological polar surface area (TPSA) is 45.7 Å². The lowest BCUT2D eigenvalue weighted by Gasteiger charge is -1.87. The van der Waals surface area contributed by atoms with Crippen molar-refractivity contribution in [3.8, 4) is 0 Å². The molecule has 0 saturated carbocycles. The zero-order chi connectivity index (χ0) is 7.40. The van der Waals surface area contributed by atoms with Crippen LogP contribution in [0.15, 0.2) is 12.5 Å². The molecular formula is C7H14N3+. The minimum atomic E-state index is 0.767. The minimum absolute atomic E-state index is 0.767. The number of aromatic amines is 1. The summed E-state index contributed by atoms with van der Waals surface area (Å²) < 4.78 is 2.01. The van der Waals surface area contributed by atoms with Crippen molar-refractivity contribution in [3.63, 3.8) is 0 Å². The third-order valence-corrected chi connectivity index (χ3v) is 1.46. The molecule has 1 aromatic rings. The van der Waals surface area contributed by atoms with E-state index in [1.54, 1.807) is 0 Å². The molecule has 0 fully saturated rings. The maximum atomic E-state index is 5.36. The van der Waals surface area contributed by atoms with Gasteiger partial charge >= 0.3 is 0 Å². The van der Waals surface area contributed by atoms with Gasteiger partial charge in [0.05, 0.1) is 7.05 Å². The molecule has 0 atom stereocenters. The predicted molar refractivity (Wildman–Crippen MR) is 39.3 cm³/mol. The standard InChI is InChI=1S/C7H13N3/c1-10-5-7(9-6-10)3-2-4-8/h5-6H,2-4,8H2,1H3/p+1. The lowest BCUT2D eigenvalue weighted by atomic mass is 10.2. The number of aryl methyl sites for hydroxylation is 2. The maximum Gasteiger partial charge on any atom is 0.241 e. The second-order valence-electron chi connectivity index (χ2n) is 2.49. The van der Waals surface area contributed by atoms with Gasteiger partial charge in [-0.2, -0.15) is 0 Å². The summed E-state index contributed by atoms with van der Waals surface area (Å²) in [7, 11) is 2.00. The zero-order valence-electron chi connectivity index (χ0n) is 6.30. The largest absolute Gasteiger partial charge is 0.330 e. The van der Waals surface area contributed by atoms with E-state index in [4.69, 9.17) is 5.73 Å².